The minimum Gasteiger partial charge on any atom is -0.481 e. The number of nitrogens with one attached hydrogen (secondary N) is 2. The summed E-state index contributed by atoms with van der Waals surface area (Å²) in [6.07, 6.45) is 4.58. The Morgan fingerprint density at radius 2 is 1.97 bits per heavy atom. The van der Waals surface area contributed by atoms with E-state index < -0.39 is 9.84 Å². The fraction of sp³-hybridized carbons (Fsp3) is 0.167. The van der Waals surface area contributed by atoms with Gasteiger partial charge in [0, 0.05) is 17.8 Å². The number of nitrogens with zero attached hydrogens (tertiary/aromatic N) is 4. The molecule has 0 radical (unpaired) electrons. The van der Waals surface area contributed by atoms with E-state index in [0.29, 0.717) is 5.88 Å². The highest BCUT2D eigenvalue weighted by atomic mass is 32.2. The summed E-state index contributed by atoms with van der Waals surface area (Å²) in [7, 11) is -2.49. The predicted octanol–water partition coefficient (Wildman–Crippen LogP) is 3.81. The summed E-state index contributed by atoms with van der Waals surface area (Å²) in [5.41, 5.74) is 5.09. The van der Waals surface area contributed by atoms with Crippen molar-refractivity contribution in [2.75, 3.05) is 12.4 Å². The molecule has 2 heterocycles. The van der Waals surface area contributed by atoms with Crippen LogP contribution in [-0.4, -0.2) is 35.7 Å². The Bertz CT molecular complexity index is 1540. The molecule has 0 amide bonds. The lowest BCUT2D eigenvalue weighted by Crippen LogP contribution is -2.06. The number of fused-ring (bicyclic) bond motifs is 1. The van der Waals surface area contributed by atoms with Crippen LogP contribution in [0.5, 0.6) is 5.88 Å². The molecule has 34 heavy (non-hydrogen) atoms. The van der Waals surface area contributed by atoms with Crippen LogP contribution >= 0.6 is 0 Å². The Kier molecular flexibility index (Phi) is 5.47. The molecule has 0 bridgehead atoms. The molecule has 1 aliphatic carbocycles. The van der Waals surface area contributed by atoms with Gasteiger partial charge in [-0.2, -0.15) is 5.26 Å². The van der Waals surface area contributed by atoms with Crippen LogP contribution in [0, 0.1) is 11.3 Å². The van der Waals surface area contributed by atoms with Gasteiger partial charge in [-0.3, -0.25) is 4.98 Å². The normalized spacial score (nSPS) is 12.7. The molecule has 0 atom stereocenters. The van der Waals surface area contributed by atoms with Crippen molar-refractivity contribution in [2.45, 2.75) is 29.3 Å². The quantitative estimate of drug-likeness (QED) is 0.433. The number of ether oxygens (including phenoxy) is 1. The van der Waals surface area contributed by atoms with Gasteiger partial charge in [0.05, 0.1) is 23.3 Å². The van der Waals surface area contributed by atoms with Gasteiger partial charge >= 0.3 is 0 Å². The third-order valence-corrected chi connectivity index (χ3v) is 7.43. The number of nitriles is 1. The summed E-state index contributed by atoms with van der Waals surface area (Å²) in [6.45, 7) is 0. The van der Waals surface area contributed by atoms with Gasteiger partial charge in [-0.05, 0) is 54.2 Å². The number of aromatic nitrogens is 4. The maximum Gasteiger partial charge on any atom is 0.253 e. The van der Waals surface area contributed by atoms with Gasteiger partial charge in [0.2, 0.25) is 21.7 Å². The highest BCUT2D eigenvalue weighted by Crippen LogP contribution is 2.39. The van der Waals surface area contributed by atoms with Gasteiger partial charge in [0.25, 0.3) is 5.16 Å². The molecule has 2 N–H and O–H groups in total. The van der Waals surface area contributed by atoms with Crippen molar-refractivity contribution in [3.05, 3.63) is 71.4 Å². The van der Waals surface area contributed by atoms with Gasteiger partial charge < -0.3 is 10.1 Å². The average molecular weight is 473 g/mol. The van der Waals surface area contributed by atoms with E-state index in [1.165, 1.54) is 17.7 Å². The molecule has 1 aliphatic rings. The summed E-state index contributed by atoms with van der Waals surface area (Å²) in [4.78, 5) is 6.84. The third-order valence-electron chi connectivity index (χ3n) is 5.80. The molecule has 0 aliphatic heterocycles. The first-order valence-corrected chi connectivity index (χ1v) is 12.1. The molecule has 2 aromatic carbocycles. The van der Waals surface area contributed by atoms with Gasteiger partial charge in [-0.1, -0.05) is 24.3 Å². The van der Waals surface area contributed by atoms with Crippen LogP contribution in [0.15, 0.2) is 64.8 Å². The molecule has 9 nitrogen and oxygen atoms in total. The monoisotopic (exact) mass is 472 g/mol. The fourth-order valence-electron chi connectivity index (χ4n) is 4.18. The molecule has 10 heteroatoms. The number of sulfone groups is 1. The first kappa shape index (κ1) is 21.6. The molecule has 0 fully saturated rings. The van der Waals surface area contributed by atoms with Crippen molar-refractivity contribution in [3.8, 4) is 23.1 Å². The number of hydrogen-bond acceptors (Lipinski definition) is 8. The average Bonchev–Trinajstić information content (AvgIpc) is 3.54. The van der Waals surface area contributed by atoms with Crippen molar-refractivity contribution in [1.29, 1.82) is 5.26 Å². The summed E-state index contributed by atoms with van der Waals surface area (Å²) in [6, 6.07) is 15.8. The van der Waals surface area contributed by atoms with Gasteiger partial charge in [-0.25, -0.2) is 13.4 Å². The van der Waals surface area contributed by atoms with Crippen molar-refractivity contribution in [1.82, 2.24) is 20.2 Å². The van der Waals surface area contributed by atoms with E-state index in [-0.39, 0.29) is 21.6 Å². The van der Waals surface area contributed by atoms with E-state index in [9.17, 15) is 13.7 Å². The standard InChI is InChI=1S/C24H20N6O3S/c1-33-21-13-16(11-12-26-21)19-10-9-15-6-4-7-18(15)22(19)27-23-28-24(30-29-23)34(31,32)20-8-3-2-5-17(20)14-25/h2-3,5,8-13H,4,6-7H2,1H3,(H2,27,28,29,30). The maximum atomic E-state index is 13.1. The van der Waals surface area contributed by atoms with Crippen molar-refractivity contribution in [2.24, 2.45) is 0 Å². The Morgan fingerprint density at radius 1 is 1.12 bits per heavy atom. The van der Waals surface area contributed by atoms with E-state index in [1.54, 1.807) is 25.4 Å². The summed E-state index contributed by atoms with van der Waals surface area (Å²) in [5, 5.41) is 20.1. The van der Waals surface area contributed by atoms with Crippen molar-refractivity contribution in [3.63, 3.8) is 0 Å². The van der Waals surface area contributed by atoms with Crippen LogP contribution in [-0.2, 0) is 22.7 Å². The van der Waals surface area contributed by atoms with Crippen LogP contribution in [0.2, 0.25) is 0 Å². The first-order valence-electron chi connectivity index (χ1n) is 10.6. The zero-order chi connectivity index (χ0) is 23.7. The van der Waals surface area contributed by atoms with Gasteiger partial charge in [-0.15, -0.1) is 10.2 Å². The smallest absolute Gasteiger partial charge is 0.253 e. The van der Waals surface area contributed by atoms with Crippen LogP contribution in [0.3, 0.4) is 0 Å². The van der Waals surface area contributed by atoms with Crippen LogP contribution < -0.4 is 10.1 Å². The molecular formula is C24H20N6O3S. The van der Waals surface area contributed by atoms with Crippen LogP contribution in [0.25, 0.3) is 11.1 Å². The number of pyridine rings is 1. The lowest BCUT2D eigenvalue weighted by molar-refractivity contribution is 0.398. The first-order chi connectivity index (χ1) is 16.5. The van der Waals surface area contributed by atoms with Crippen LogP contribution in [0.1, 0.15) is 23.1 Å². The van der Waals surface area contributed by atoms with E-state index in [1.807, 2.05) is 24.3 Å². The zero-order valence-corrected chi connectivity index (χ0v) is 19.1. The van der Waals surface area contributed by atoms with E-state index >= 15 is 0 Å². The highest BCUT2D eigenvalue weighted by Gasteiger charge is 2.26. The Morgan fingerprint density at radius 3 is 2.79 bits per heavy atom. The topological polar surface area (TPSA) is 134 Å². The second-order valence-corrected chi connectivity index (χ2v) is 9.61. The highest BCUT2D eigenvalue weighted by molar-refractivity contribution is 7.91. The number of methoxy groups -OCH3 is 1. The Labute approximate surface area is 196 Å². The van der Waals surface area contributed by atoms with Crippen molar-refractivity contribution < 1.29 is 13.2 Å². The van der Waals surface area contributed by atoms with Crippen LogP contribution in [0.4, 0.5) is 11.6 Å². The largest absolute Gasteiger partial charge is 0.481 e. The van der Waals surface area contributed by atoms with Gasteiger partial charge in [0.1, 0.15) is 6.07 Å². The number of anilines is 2. The second kappa shape index (κ2) is 8.61. The summed E-state index contributed by atoms with van der Waals surface area (Å²) < 4.78 is 31.5. The lowest BCUT2D eigenvalue weighted by Gasteiger charge is -2.16. The number of H-pyrrole nitrogens is 1. The molecule has 0 saturated carbocycles. The van der Waals surface area contributed by atoms with Crippen molar-refractivity contribution >= 4 is 21.5 Å². The number of aryl methyl sites for hydroxylation is 1. The third kappa shape index (κ3) is 3.76. The SMILES string of the molecule is COc1cc(-c2ccc3c(c2Nc2nnc(S(=O)(=O)c4ccccc4C#N)[nH]2)CCC3)ccn1. The molecule has 4 aromatic rings. The van der Waals surface area contributed by atoms with E-state index in [0.717, 1.165) is 41.6 Å². The molecule has 170 valence electrons. The number of benzene rings is 2. The van der Waals surface area contributed by atoms with Gasteiger partial charge in [0.15, 0.2) is 0 Å². The lowest BCUT2D eigenvalue weighted by atomic mass is 9.98. The Balaban J connectivity index is 1.55. The number of aromatic amines is 1. The minimum absolute atomic E-state index is 0.0446. The minimum atomic E-state index is -4.05. The second-order valence-electron chi connectivity index (χ2n) is 7.78. The molecule has 0 unspecified atom stereocenters. The molecule has 5 rings (SSSR count). The maximum absolute atomic E-state index is 13.1. The summed E-state index contributed by atoms with van der Waals surface area (Å²) >= 11 is 0. The number of hydrogen-bond donors (Lipinski definition) is 2. The molecule has 2 aromatic heterocycles. The molecule has 0 saturated heterocycles. The Hall–Kier alpha value is -4.23. The molecule has 0 spiro atoms. The number of rotatable bonds is 6. The predicted molar refractivity (Wildman–Crippen MR) is 125 cm³/mol. The van der Waals surface area contributed by atoms with E-state index in [2.05, 4.69) is 31.5 Å². The van der Waals surface area contributed by atoms with E-state index in [4.69, 9.17) is 4.74 Å². The molecular weight excluding hydrogens is 452 g/mol. The zero-order valence-electron chi connectivity index (χ0n) is 18.2. The summed E-state index contributed by atoms with van der Waals surface area (Å²) in [5.74, 6) is 0.684. The fourth-order valence-corrected chi connectivity index (χ4v) is 5.43.